The molecule has 20 heavy (non-hydrogen) atoms. The molecule has 0 aromatic heterocycles. The maximum absolute atomic E-state index is 5.86. The summed E-state index contributed by atoms with van der Waals surface area (Å²) in [4.78, 5) is 0. The normalized spacial score (nSPS) is 23.1. The molecule has 2 rings (SSSR count). The lowest BCUT2D eigenvalue weighted by molar-refractivity contribution is -0.150. The van der Waals surface area contributed by atoms with Gasteiger partial charge in [-0.2, -0.15) is 0 Å². The smallest absolute Gasteiger partial charge is 0.0566 e. The molecule has 0 spiro atoms. The Labute approximate surface area is 124 Å². The van der Waals surface area contributed by atoms with Crippen LogP contribution >= 0.6 is 0 Å². The van der Waals surface area contributed by atoms with E-state index >= 15 is 0 Å². The fraction of sp³-hybridized carbons (Fsp3) is 1.00. The van der Waals surface area contributed by atoms with Crippen LogP contribution in [0.3, 0.4) is 0 Å². The van der Waals surface area contributed by atoms with Crippen molar-refractivity contribution < 1.29 is 14.2 Å². The fourth-order valence-electron chi connectivity index (χ4n) is 3.04. The molecular formula is C17H32O3. The van der Waals surface area contributed by atoms with Crippen LogP contribution in [0.25, 0.3) is 0 Å². The van der Waals surface area contributed by atoms with Crippen LogP contribution in [-0.4, -0.2) is 39.6 Å². The van der Waals surface area contributed by atoms with Crippen molar-refractivity contribution in [3.63, 3.8) is 0 Å². The van der Waals surface area contributed by atoms with Gasteiger partial charge in [-0.1, -0.05) is 20.3 Å². The Morgan fingerprint density at radius 3 is 1.75 bits per heavy atom. The minimum absolute atomic E-state index is 0.328. The molecule has 3 heteroatoms. The van der Waals surface area contributed by atoms with E-state index in [1.807, 2.05) is 0 Å². The first-order valence-corrected chi connectivity index (χ1v) is 8.47. The number of rotatable bonds is 11. The zero-order valence-electron chi connectivity index (χ0n) is 13.4. The second-order valence-electron chi connectivity index (χ2n) is 6.87. The van der Waals surface area contributed by atoms with Crippen molar-refractivity contribution in [1.82, 2.24) is 0 Å². The van der Waals surface area contributed by atoms with Crippen LogP contribution in [0, 0.1) is 10.8 Å². The third-order valence-corrected chi connectivity index (χ3v) is 5.37. The van der Waals surface area contributed by atoms with E-state index in [4.69, 9.17) is 14.2 Å². The zero-order valence-corrected chi connectivity index (χ0v) is 13.4. The van der Waals surface area contributed by atoms with E-state index in [0.29, 0.717) is 10.8 Å². The highest BCUT2D eigenvalue weighted by molar-refractivity contribution is 4.86. The molecule has 1 aliphatic heterocycles. The number of ether oxygens (including phenoxy) is 3. The Morgan fingerprint density at radius 1 is 0.850 bits per heavy atom. The van der Waals surface area contributed by atoms with Crippen molar-refractivity contribution in [2.24, 2.45) is 10.8 Å². The molecule has 0 unspecified atom stereocenters. The molecule has 118 valence electrons. The minimum atomic E-state index is 0.328. The van der Waals surface area contributed by atoms with Gasteiger partial charge in [-0.3, -0.25) is 0 Å². The third-order valence-electron chi connectivity index (χ3n) is 5.37. The highest BCUT2D eigenvalue weighted by atomic mass is 16.5. The van der Waals surface area contributed by atoms with Gasteiger partial charge in [-0.25, -0.2) is 0 Å². The SMILES string of the molecule is CCC1(COCCCCOCC2(CC)COC2)CCC1. The Bertz CT molecular complexity index is 230. The molecule has 3 nitrogen and oxygen atoms in total. The molecule has 0 aromatic carbocycles. The van der Waals surface area contributed by atoms with Gasteiger partial charge in [0.1, 0.15) is 0 Å². The largest absolute Gasteiger partial charge is 0.381 e. The van der Waals surface area contributed by atoms with Gasteiger partial charge in [-0.05, 0) is 43.9 Å². The lowest BCUT2D eigenvalue weighted by Gasteiger charge is -2.41. The van der Waals surface area contributed by atoms with Crippen LogP contribution in [0.1, 0.15) is 58.8 Å². The van der Waals surface area contributed by atoms with Gasteiger partial charge in [0, 0.05) is 18.6 Å². The first-order valence-electron chi connectivity index (χ1n) is 8.47. The predicted octanol–water partition coefficient (Wildman–Crippen LogP) is 3.81. The van der Waals surface area contributed by atoms with Gasteiger partial charge in [0.25, 0.3) is 0 Å². The molecule has 1 aliphatic carbocycles. The molecule has 0 aromatic rings. The maximum Gasteiger partial charge on any atom is 0.0566 e. The lowest BCUT2D eigenvalue weighted by Crippen LogP contribution is -2.45. The molecule has 1 saturated heterocycles. The fourth-order valence-corrected chi connectivity index (χ4v) is 3.04. The summed E-state index contributed by atoms with van der Waals surface area (Å²) in [6, 6.07) is 0. The molecule has 0 amide bonds. The summed E-state index contributed by atoms with van der Waals surface area (Å²) in [6.45, 7) is 9.88. The second-order valence-corrected chi connectivity index (χ2v) is 6.87. The zero-order chi connectivity index (χ0) is 14.3. The van der Waals surface area contributed by atoms with Gasteiger partial charge in [-0.15, -0.1) is 0 Å². The highest BCUT2D eigenvalue weighted by Gasteiger charge is 2.37. The highest BCUT2D eigenvalue weighted by Crippen LogP contribution is 2.43. The van der Waals surface area contributed by atoms with Gasteiger partial charge < -0.3 is 14.2 Å². The first-order chi connectivity index (χ1) is 9.74. The van der Waals surface area contributed by atoms with E-state index in [-0.39, 0.29) is 0 Å². The number of unbranched alkanes of at least 4 members (excludes halogenated alkanes) is 1. The van der Waals surface area contributed by atoms with Gasteiger partial charge in [0.15, 0.2) is 0 Å². The van der Waals surface area contributed by atoms with Crippen LogP contribution in [0.2, 0.25) is 0 Å². The Balaban J connectivity index is 1.40. The summed E-state index contributed by atoms with van der Waals surface area (Å²) in [5.41, 5.74) is 0.864. The van der Waals surface area contributed by atoms with E-state index in [9.17, 15) is 0 Å². The molecule has 1 heterocycles. The van der Waals surface area contributed by atoms with E-state index in [0.717, 1.165) is 58.9 Å². The number of hydrogen-bond donors (Lipinski definition) is 0. The molecule has 1 saturated carbocycles. The molecule has 2 aliphatic rings. The van der Waals surface area contributed by atoms with E-state index < -0.39 is 0 Å². The summed E-state index contributed by atoms with van der Waals surface area (Å²) in [5.74, 6) is 0. The quantitative estimate of drug-likeness (QED) is 0.540. The Hall–Kier alpha value is -0.120. The lowest BCUT2D eigenvalue weighted by atomic mass is 9.68. The summed E-state index contributed by atoms with van der Waals surface area (Å²) in [6.07, 6.45) is 8.80. The molecule has 0 radical (unpaired) electrons. The van der Waals surface area contributed by atoms with Crippen molar-refractivity contribution in [3.05, 3.63) is 0 Å². The van der Waals surface area contributed by atoms with Crippen molar-refractivity contribution in [3.8, 4) is 0 Å². The number of hydrogen-bond acceptors (Lipinski definition) is 3. The summed E-state index contributed by atoms with van der Waals surface area (Å²) in [5, 5.41) is 0. The van der Waals surface area contributed by atoms with Gasteiger partial charge >= 0.3 is 0 Å². The standard InChI is InChI=1S/C17H32O3/c1-3-16(8-7-9-16)12-18-10-5-6-11-19-13-17(4-2)14-20-15-17/h3-15H2,1-2H3. The maximum atomic E-state index is 5.86. The van der Waals surface area contributed by atoms with Crippen LogP contribution in [0.4, 0.5) is 0 Å². The summed E-state index contributed by atoms with van der Waals surface area (Å²) >= 11 is 0. The molecule has 0 bridgehead atoms. The van der Waals surface area contributed by atoms with Gasteiger partial charge in [0.2, 0.25) is 0 Å². The summed E-state index contributed by atoms with van der Waals surface area (Å²) < 4.78 is 17.0. The van der Waals surface area contributed by atoms with Crippen molar-refractivity contribution >= 4 is 0 Å². The van der Waals surface area contributed by atoms with Crippen LogP contribution in [0.15, 0.2) is 0 Å². The molecule has 0 N–H and O–H groups in total. The van der Waals surface area contributed by atoms with E-state index in [1.165, 1.54) is 25.7 Å². The van der Waals surface area contributed by atoms with Crippen molar-refractivity contribution in [2.75, 3.05) is 39.6 Å². The average molecular weight is 284 g/mol. The van der Waals surface area contributed by atoms with Gasteiger partial charge in [0.05, 0.1) is 26.4 Å². The third kappa shape index (κ3) is 4.19. The molecular weight excluding hydrogens is 252 g/mol. The van der Waals surface area contributed by atoms with Crippen LogP contribution < -0.4 is 0 Å². The first kappa shape index (κ1) is 16.3. The second kappa shape index (κ2) is 7.77. The van der Waals surface area contributed by atoms with Crippen molar-refractivity contribution in [1.29, 1.82) is 0 Å². The topological polar surface area (TPSA) is 27.7 Å². The van der Waals surface area contributed by atoms with E-state index in [1.54, 1.807) is 0 Å². The molecule has 2 fully saturated rings. The predicted molar refractivity (Wildman–Crippen MR) is 81.0 cm³/mol. The van der Waals surface area contributed by atoms with Crippen LogP contribution in [0.5, 0.6) is 0 Å². The Kier molecular flexibility index (Phi) is 6.31. The van der Waals surface area contributed by atoms with Crippen LogP contribution in [-0.2, 0) is 14.2 Å². The molecule has 0 atom stereocenters. The van der Waals surface area contributed by atoms with Crippen molar-refractivity contribution in [2.45, 2.75) is 58.8 Å². The monoisotopic (exact) mass is 284 g/mol. The Morgan fingerprint density at radius 2 is 1.40 bits per heavy atom. The minimum Gasteiger partial charge on any atom is -0.381 e. The average Bonchev–Trinajstić information content (AvgIpc) is 2.38. The summed E-state index contributed by atoms with van der Waals surface area (Å²) in [7, 11) is 0. The van der Waals surface area contributed by atoms with E-state index in [2.05, 4.69) is 13.8 Å².